The molecule has 2 rings (SSSR count). The Hall–Kier alpha value is -1.30. The normalized spacial score (nSPS) is 10.8. The van der Waals surface area contributed by atoms with Crippen molar-refractivity contribution in [3.63, 3.8) is 0 Å². The van der Waals surface area contributed by atoms with Crippen LogP contribution in [-0.4, -0.2) is 11.1 Å². The van der Waals surface area contributed by atoms with E-state index in [1.807, 2.05) is 39.8 Å². The maximum absolute atomic E-state index is 11.6. The number of hydrogen-bond acceptors (Lipinski definition) is 2. The van der Waals surface area contributed by atoms with E-state index < -0.39 is 5.97 Å². The molecule has 0 aliphatic rings. The van der Waals surface area contributed by atoms with Gasteiger partial charge in [0, 0.05) is 5.39 Å². The molecule has 0 radical (unpaired) electrons. The van der Waals surface area contributed by atoms with Crippen molar-refractivity contribution in [2.45, 2.75) is 27.7 Å². The van der Waals surface area contributed by atoms with Gasteiger partial charge in [0.05, 0.1) is 0 Å². The number of aromatic carboxylic acids is 1. The number of hydrogen-bond donors (Lipinski definition) is 1. The molecule has 0 saturated heterocycles. The largest absolute Gasteiger partial charge is 0.478 e. The molecule has 0 unspecified atom stereocenters. The Morgan fingerprint density at radius 2 is 1.74 bits per heavy atom. The third-order valence-corrected chi connectivity index (χ3v) is 4.24. The van der Waals surface area contributed by atoms with E-state index in [2.05, 4.69) is 0 Å². The number of aryl methyl sites for hydroxylation is 3. The van der Waals surface area contributed by atoms with E-state index >= 15 is 0 Å². The number of benzene rings is 2. The van der Waals surface area contributed by atoms with Gasteiger partial charge < -0.3 is 8.17 Å². The van der Waals surface area contributed by atoms with Crippen LogP contribution < -0.4 is 3.07 Å². The summed E-state index contributed by atoms with van der Waals surface area (Å²) in [6.07, 6.45) is 0. The van der Waals surface area contributed by atoms with E-state index in [1.54, 1.807) is 23.0 Å². The molecule has 0 amide bonds. The number of carbonyl (C=O) groups is 1. The highest BCUT2D eigenvalue weighted by Gasteiger charge is 2.22. The van der Waals surface area contributed by atoms with Gasteiger partial charge in [0.2, 0.25) is 0 Å². The van der Waals surface area contributed by atoms with Crippen LogP contribution in [0.2, 0.25) is 0 Å². The van der Waals surface area contributed by atoms with Gasteiger partial charge in [-0.2, -0.15) is 0 Å². The second kappa shape index (κ2) is 5.00. The van der Waals surface area contributed by atoms with Crippen molar-refractivity contribution in [1.29, 1.82) is 0 Å². The van der Waals surface area contributed by atoms with Gasteiger partial charge in [-0.25, -0.2) is 4.79 Å². The summed E-state index contributed by atoms with van der Waals surface area (Å²) >= 11 is 1.74. The van der Waals surface area contributed by atoms with Crippen LogP contribution in [0.1, 0.15) is 32.6 Å². The third-order valence-electron chi connectivity index (χ3n) is 3.80. The highest BCUT2D eigenvalue weighted by Crippen LogP contribution is 2.38. The fraction of sp³-hybridized carbons (Fsp3) is 0.267. The number of rotatable bonds is 2. The van der Waals surface area contributed by atoms with Crippen LogP contribution in [0, 0.1) is 27.7 Å². The lowest BCUT2D eigenvalue weighted by Crippen LogP contribution is -2.04. The first-order valence-electron chi connectivity index (χ1n) is 5.95. The molecule has 0 bridgehead atoms. The van der Waals surface area contributed by atoms with Crippen molar-refractivity contribution in [3.8, 4) is 5.75 Å². The molecule has 0 spiro atoms. The zero-order chi connectivity index (χ0) is 14.3. The van der Waals surface area contributed by atoms with Gasteiger partial charge in [-0.05, 0) is 55.3 Å². The molecule has 0 heterocycles. The molecule has 100 valence electrons. The van der Waals surface area contributed by atoms with Gasteiger partial charge >= 0.3 is 5.97 Å². The topological polar surface area (TPSA) is 46.5 Å². The molecule has 0 aromatic heterocycles. The summed E-state index contributed by atoms with van der Waals surface area (Å²) in [5, 5.41) is 11.2. The molecule has 19 heavy (non-hydrogen) atoms. The third kappa shape index (κ3) is 2.08. The summed E-state index contributed by atoms with van der Waals surface area (Å²) in [6, 6.07) is 3.82. The highest BCUT2D eigenvalue weighted by atomic mass is 127. The fourth-order valence-electron chi connectivity index (χ4n) is 2.48. The van der Waals surface area contributed by atoms with Crippen molar-refractivity contribution in [3.05, 3.63) is 39.9 Å². The zero-order valence-electron chi connectivity index (χ0n) is 11.3. The minimum Gasteiger partial charge on any atom is -0.478 e. The van der Waals surface area contributed by atoms with Gasteiger partial charge in [-0.3, -0.25) is 0 Å². The monoisotopic (exact) mass is 370 g/mol. The maximum Gasteiger partial charge on any atom is 0.340 e. The predicted octanol–water partition coefficient (Wildman–Crippen LogP) is 4.50. The number of carboxylic acid groups (broad SMARTS) is 1. The lowest BCUT2D eigenvalue weighted by atomic mass is 9.90. The minimum atomic E-state index is -0.956. The highest BCUT2D eigenvalue weighted by molar-refractivity contribution is 14.1. The molecule has 2 aromatic rings. The first kappa shape index (κ1) is 14.1. The molecule has 1 N–H and O–H groups in total. The van der Waals surface area contributed by atoms with Crippen LogP contribution in [0.25, 0.3) is 10.8 Å². The van der Waals surface area contributed by atoms with Crippen molar-refractivity contribution in [2.75, 3.05) is 0 Å². The van der Waals surface area contributed by atoms with E-state index in [-0.39, 0.29) is 5.56 Å². The molecule has 4 heteroatoms. The van der Waals surface area contributed by atoms with Gasteiger partial charge in [0.25, 0.3) is 0 Å². The first-order chi connectivity index (χ1) is 8.90. The molecule has 0 aliphatic heterocycles. The van der Waals surface area contributed by atoms with Crippen molar-refractivity contribution in [2.24, 2.45) is 0 Å². The molecule has 2 aromatic carbocycles. The van der Waals surface area contributed by atoms with Gasteiger partial charge in [0.15, 0.2) is 28.8 Å². The summed E-state index contributed by atoms with van der Waals surface area (Å²) in [7, 11) is 0. The quantitative estimate of drug-likeness (QED) is 0.792. The van der Waals surface area contributed by atoms with Gasteiger partial charge in [0.1, 0.15) is 5.56 Å². The van der Waals surface area contributed by atoms with E-state index in [4.69, 9.17) is 3.07 Å². The number of fused-ring (bicyclic) bond motifs is 1. The summed E-state index contributed by atoms with van der Waals surface area (Å²) in [5.41, 5.74) is 4.49. The molecule has 3 nitrogen and oxygen atoms in total. The second-order valence-corrected chi connectivity index (χ2v) is 5.21. The van der Waals surface area contributed by atoms with E-state index in [0.29, 0.717) is 5.75 Å². The summed E-state index contributed by atoms with van der Waals surface area (Å²) in [5.74, 6) is -0.510. The van der Waals surface area contributed by atoms with Crippen molar-refractivity contribution >= 4 is 39.7 Å². The van der Waals surface area contributed by atoms with E-state index in [0.717, 1.165) is 33.0 Å². The Bertz CT molecular complexity index is 690. The first-order valence-corrected chi connectivity index (χ1v) is 6.83. The molecule has 0 atom stereocenters. The fourth-order valence-corrected chi connectivity index (χ4v) is 3.03. The Kier molecular flexibility index (Phi) is 3.71. The summed E-state index contributed by atoms with van der Waals surface area (Å²) in [4.78, 5) is 11.6. The lowest BCUT2D eigenvalue weighted by molar-refractivity contribution is 0.0697. The lowest BCUT2D eigenvalue weighted by Gasteiger charge is -2.17. The Balaban J connectivity index is 3.11. The van der Waals surface area contributed by atoms with Gasteiger partial charge in [-0.1, -0.05) is 12.1 Å². The molecule has 0 saturated carbocycles. The SMILES string of the molecule is Cc1ccc2c(C(=O)O)c(OI)c(C)c(C)c2c1C. The Morgan fingerprint density at radius 3 is 2.26 bits per heavy atom. The van der Waals surface area contributed by atoms with Crippen molar-refractivity contribution in [1.82, 2.24) is 0 Å². The average molecular weight is 370 g/mol. The van der Waals surface area contributed by atoms with E-state index in [1.165, 1.54) is 0 Å². The predicted molar refractivity (Wildman–Crippen MR) is 84.5 cm³/mol. The van der Waals surface area contributed by atoms with E-state index in [9.17, 15) is 9.90 Å². The number of carboxylic acids is 1. The smallest absolute Gasteiger partial charge is 0.340 e. The van der Waals surface area contributed by atoms with Crippen LogP contribution in [0.5, 0.6) is 5.75 Å². The Labute approximate surface area is 126 Å². The van der Waals surface area contributed by atoms with Crippen molar-refractivity contribution < 1.29 is 13.0 Å². The van der Waals surface area contributed by atoms with Crippen LogP contribution >= 0.6 is 23.0 Å². The zero-order valence-corrected chi connectivity index (χ0v) is 13.5. The molecule has 0 aliphatic carbocycles. The maximum atomic E-state index is 11.6. The van der Waals surface area contributed by atoms with Gasteiger partial charge in [-0.15, -0.1) is 0 Å². The second-order valence-electron chi connectivity index (χ2n) is 4.77. The molecular formula is C15H15IO3. The Morgan fingerprint density at radius 1 is 1.11 bits per heavy atom. The van der Waals surface area contributed by atoms with Crippen LogP contribution in [0.3, 0.4) is 0 Å². The van der Waals surface area contributed by atoms with Crippen LogP contribution in [0.4, 0.5) is 0 Å². The van der Waals surface area contributed by atoms with Crippen LogP contribution in [0.15, 0.2) is 12.1 Å². The average Bonchev–Trinajstić information content (AvgIpc) is 2.36. The summed E-state index contributed by atoms with van der Waals surface area (Å²) in [6.45, 7) is 7.97. The minimum absolute atomic E-state index is 0.246. The number of halogens is 1. The van der Waals surface area contributed by atoms with Crippen LogP contribution in [-0.2, 0) is 0 Å². The standard InChI is InChI=1S/C15H15IO3/c1-7-5-6-11-12(8(7)2)9(3)10(4)14(19-16)13(11)15(17)18/h5-6H,1-4H3,(H,17,18). The summed E-state index contributed by atoms with van der Waals surface area (Å²) < 4.78 is 5.29. The molecular weight excluding hydrogens is 355 g/mol. The molecule has 0 fully saturated rings.